The Morgan fingerprint density at radius 2 is 1.14 bits per heavy atom. The molecule has 0 saturated heterocycles. The quantitative estimate of drug-likeness (QED) is 0.339. The summed E-state index contributed by atoms with van der Waals surface area (Å²) in [6.45, 7) is 0. The molecule has 0 aromatic rings. The normalized spacial score (nSPS) is 3.43. The van der Waals surface area contributed by atoms with E-state index in [1.165, 1.54) is 0 Å². The van der Waals surface area contributed by atoms with Crippen LogP contribution in [0.2, 0.25) is 0 Å². The summed E-state index contributed by atoms with van der Waals surface area (Å²) in [5.41, 5.74) is 0. The predicted molar refractivity (Wildman–Crippen MR) is 13.2 cm³/mol. The van der Waals surface area contributed by atoms with E-state index in [-0.39, 0.29) is 110 Å². The minimum atomic E-state index is -3.63. The average Bonchev–Trinajstić information content (AvgIpc) is 0.811. The van der Waals surface area contributed by atoms with Gasteiger partial charge in [-0.25, -0.2) is 0 Å². The molecule has 0 aromatic heterocycles. The van der Waals surface area contributed by atoms with Crippen LogP contribution in [0.25, 0.3) is 0 Å². The fraction of sp³-hybridized carbons (Fsp3) is 1.00. The molecule has 0 heterocycles. The monoisotopic (exact) mass is 170 g/mol. The Bertz CT molecular complexity index is 35.9. The Hall–Kier alpha value is 2.89. The van der Waals surface area contributed by atoms with Gasteiger partial charge in [0, 0.05) is 9.17 Å². The molecule has 0 unspecified atom stereocenters. The van der Waals surface area contributed by atoms with Crippen molar-refractivity contribution in [2.24, 2.45) is 0 Å². The molecule has 0 radical (unpaired) electrons. The van der Waals surface area contributed by atoms with Crippen LogP contribution in [-0.2, 0) is 4.46 Å². The third kappa shape index (κ3) is 50.5. The summed E-state index contributed by atoms with van der Waals surface area (Å²) in [6, 6.07) is 0. The molecule has 0 aliphatic rings. The van der Waals surface area contributed by atoms with Crippen molar-refractivity contribution in [1.29, 1.82) is 0 Å². The van der Waals surface area contributed by atoms with E-state index in [9.17, 15) is 0 Å². The van der Waals surface area contributed by atoms with Gasteiger partial charge in [0.05, 0.1) is 0 Å². The molecule has 0 aliphatic carbocycles. The van der Waals surface area contributed by atoms with Gasteiger partial charge < -0.3 is 14.1 Å². The first-order valence-electron chi connectivity index (χ1n) is 0.612. The van der Waals surface area contributed by atoms with Crippen LogP contribution in [0.15, 0.2) is 0 Å². The van der Waals surface area contributed by atoms with Gasteiger partial charge in [0.25, 0.3) is 0 Å². The van der Waals surface area contributed by atoms with Crippen molar-refractivity contribution in [3.05, 3.63) is 0 Å². The first kappa shape index (κ1) is 22.5. The van der Waals surface area contributed by atoms with E-state index in [0.29, 0.717) is 0 Å². The van der Waals surface area contributed by atoms with Gasteiger partial charge in [0.1, 0.15) is 0 Å². The van der Waals surface area contributed by atoms with Crippen LogP contribution in [0.3, 0.4) is 0 Å². The Labute approximate surface area is 130 Å². The van der Waals surface area contributed by atoms with Crippen molar-refractivity contribution in [2.75, 3.05) is 0 Å². The van der Waals surface area contributed by atoms with Gasteiger partial charge in [-0.15, -0.1) is 0 Å². The Morgan fingerprint density at radius 1 is 1.14 bits per heavy atom. The molecule has 3 nitrogen and oxygen atoms in total. The van der Waals surface area contributed by atoms with Gasteiger partial charge in [-0.05, 0) is 0 Å². The number of rotatable bonds is 0. The molecule has 0 aromatic carbocycles. The minimum absolute atomic E-state index is 0. The standard InChI is InChI=1S/CH4.2K.O3Si/c;;;1-4(2)3/h1H4;;;/q;2*+1;-2. The summed E-state index contributed by atoms with van der Waals surface area (Å²) in [4.78, 5) is 17.0. The number of hydrogen-bond acceptors (Lipinski definition) is 3. The predicted octanol–water partition coefficient (Wildman–Crippen LogP) is -8.23. The molecule has 0 fully saturated rings. The second-order valence-electron chi connectivity index (χ2n) is 0.250. The molecule has 6 heteroatoms. The van der Waals surface area contributed by atoms with E-state index in [0.717, 1.165) is 0 Å². The summed E-state index contributed by atoms with van der Waals surface area (Å²) in [7, 11) is -3.63. The fourth-order valence-corrected chi connectivity index (χ4v) is 0. The third-order valence-corrected chi connectivity index (χ3v) is 0. The van der Waals surface area contributed by atoms with Crippen LogP contribution in [0, 0.1) is 0 Å². The maximum atomic E-state index is 8.52. The first-order valence-corrected chi connectivity index (χ1v) is 1.84. The molecular weight excluding hydrogens is 166 g/mol. The molecule has 32 valence electrons. The second-order valence-corrected chi connectivity index (χ2v) is 0.750. The van der Waals surface area contributed by atoms with Crippen LogP contribution in [-0.4, -0.2) is 9.17 Å². The molecule has 0 spiro atoms. The summed E-state index contributed by atoms with van der Waals surface area (Å²) >= 11 is 0. The molecule has 0 aliphatic heterocycles. The van der Waals surface area contributed by atoms with Crippen LogP contribution in [0.4, 0.5) is 0 Å². The molecular formula is CH4K2O3Si. The van der Waals surface area contributed by atoms with Gasteiger partial charge in [0.2, 0.25) is 0 Å². The Kier molecular flexibility index (Phi) is 51.3. The van der Waals surface area contributed by atoms with Crippen molar-refractivity contribution in [3.63, 3.8) is 0 Å². The summed E-state index contributed by atoms with van der Waals surface area (Å²) in [5.74, 6) is 0. The molecule has 0 rings (SSSR count). The maximum Gasteiger partial charge on any atom is 1.00 e. The smallest absolute Gasteiger partial charge is 0.672 e. The molecule has 0 atom stereocenters. The van der Waals surface area contributed by atoms with Crippen LogP contribution < -0.4 is 112 Å². The van der Waals surface area contributed by atoms with E-state index < -0.39 is 9.17 Å². The van der Waals surface area contributed by atoms with Gasteiger partial charge >= 0.3 is 103 Å². The molecule has 7 heavy (non-hydrogen) atoms. The molecule has 0 bridgehead atoms. The Balaban J connectivity index is -0.0000000150. The van der Waals surface area contributed by atoms with Gasteiger partial charge in [-0.2, -0.15) is 0 Å². The van der Waals surface area contributed by atoms with E-state index in [4.69, 9.17) is 14.1 Å². The van der Waals surface area contributed by atoms with E-state index in [1.807, 2.05) is 0 Å². The molecule has 0 saturated carbocycles. The van der Waals surface area contributed by atoms with Gasteiger partial charge in [-0.3, -0.25) is 0 Å². The van der Waals surface area contributed by atoms with Gasteiger partial charge in [0.15, 0.2) is 0 Å². The molecule has 0 amide bonds. The minimum Gasteiger partial charge on any atom is -0.672 e. The SMILES string of the molecule is C.O=[Si]([O-])[O-].[K+].[K+]. The van der Waals surface area contributed by atoms with Crippen molar-refractivity contribution < 1.29 is 117 Å². The zero-order chi connectivity index (χ0) is 3.58. The van der Waals surface area contributed by atoms with E-state index in [1.54, 1.807) is 0 Å². The van der Waals surface area contributed by atoms with Crippen molar-refractivity contribution in [3.8, 4) is 0 Å². The third-order valence-electron chi connectivity index (χ3n) is 0. The van der Waals surface area contributed by atoms with E-state index >= 15 is 0 Å². The zero-order valence-electron chi connectivity index (χ0n) is 3.72. The van der Waals surface area contributed by atoms with Crippen molar-refractivity contribution in [1.82, 2.24) is 0 Å². The summed E-state index contributed by atoms with van der Waals surface area (Å²) in [5, 5.41) is 0. The Morgan fingerprint density at radius 3 is 1.14 bits per heavy atom. The summed E-state index contributed by atoms with van der Waals surface area (Å²) < 4.78 is 8.52. The van der Waals surface area contributed by atoms with Crippen molar-refractivity contribution >= 4 is 9.17 Å². The number of hydrogen-bond donors (Lipinski definition) is 0. The molecule has 0 N–H and O–H groups in total. The zero-order valence-corrected chi connectivity index (χ0v) is 11.0. The fourth-order valence-electron chi connectivity index (χ4n) is 0. The van der Waals surface area contributed by atoms with Gasteiger partial charge in [-0.1, -0.05) is 7.43 Å². The summed E-state index contributed by atoms with van der Waals surface area (Å²) in [6.07, 6.45) is 0. The second kappa shape index (κ2) is 16.0. The van der Waals surface area contributed by atoms with Crippen LogP contribution in [0.1, 0.15) is 7.43 Å². The van der Waals surface area contributed by atoms with Crippen LogP contribution in [0.5, 0.6) is 0 Å². The largest absolute Gasteiger partial charge is 1.00 e. The maximum absolute atomic E-state index is 8.52. The topological polar surface area (TPSA) is 63.2 Å². The van der Waals surface area contributed by atoms with Crippen LogP contribution >= 0.6 is 0 Å². The van der Waals surface area contributed by atoms with E-state index in [2.05, 4.69) is 0 Å². The van der Waals surface area contributed by atoms with Crippen molar-refractivity contribution in [2.45, 2.75) is 7.43 Å². The first-order chi connectivity index (χ1) is 1.73. The average molecular weight is 170 g/mol.